The zero-order chi connectivity index (χ0) is 19.8. The van der Waals surface area contributed by atoms with Gasteiger partial charge < -0.3 is 14.2 Å². The lowest BCUT2D eigenvalue weighted by atomic mass is 10.1. The van der Waals surface area contributed by atoms with Crippen molar-refractivity contribution in [3.63, 3.8) is 0 Å². The molecule has 0 fully saturated rings. The minimum absolute atomic E-state index is 0.0902. The van der Waals surface area contributed by atoms with Crippen LogP contribution in [0.5, 0.6) is 11.5 Å². The number of hydrogen-bond acceptors (Lipinski definition) is 5. The van der Waals surface area contributed by atoms with Gasteiger partial charge in [0.1, 0.15) is 18.1 Å². The number of hydrogen-bond donors (Lipinski definition) is 0. The molecular formula is C19H15Cl2NO5. The van der Waals surface area contributed by atoms with Crippen LogP contribution in [0.2, 0.25) is 10.0 Å². The van der Waals surface area contributed by atoms with Crippen LogP contribution in [0.3, 0.4) is 0 Å². The van der Waals surface area contributed by atoms with Crippen molar-refractivity contribution < 1.29 is 19.1 Å². The molecule has 0 aliphatic rings. The topological polar surface area (TPSA) is 70.8 Å². The molecule has 0 saturated heterocycles. The number of nitrogens with zero attached hydrogens (tertiary/aromatic N) is 1. The maximum atomic E-state index is 11.4. The van der Waals surface area contributed by atoms with Crippen LogP contribution in [0.25, 0.3) is 0 Å². The molecule has 140 valence electrons. The summed E-state index contributed by atoms with van der Waals surface area (Å²) in [6, 6.07) is 8.90. The second-order valence-electron chi connectivity index (χ2n) is 5.12. The molecular weight excluding hydrogens is 393 g/mol. The summed E-state index contributed by atoms with van der Waals surface area (Å²) in [5.41, 5.74) is -0.0460. The van der Waals surface area contributed by atoms with E-state index in [1.165, 1.54) is 30.3 Å². The zero-order valence-electron chi connectivity index (χ0n) is 14.1. The van der Waals surface area contributed by atoms with Crippen molar-refractivity contribution in [3.05, 3.63) is 74.8 Å². The number of rotatable bonds is 9. The third-order valence-electron chi connectivity index (χ3n) is 3.25. The molecule has 8 heteroatoms. The highest BCUT2D eigenvalue weighted by atomic mass is 35.5. The first-order valence-corrected chi connectivity index (χ1v) is 8.40. The van der Waals surface area contributed by atoms with Gasteiger partial charge in [0.05, 0.1) is 22.1 Å². The summed E-state index contributed by atoms with van der Waals surface area (Å²) in [7, 11) is 0. The summed E-state index contributed by atoms with van der Waals surface area (Å²) in [6.07, 6.45) is 5.63. The highest BCUT2D eigenvalue weighted by molar-refractivity contribution is 6.35. The summed E-state index contributed by atoms with van der Waals surface area (Å²) >= 11 is 12.0. The average molecular weight is 408 g/mol. The van der Waals surface area contributed by atoms with Gasteiger partial charge in [-0.25, -0.2) is 0 Å². The van der Waals surface area contributed by atoms with Gasteiger partial charge >= 0.3 is 0 Å². The largest absolute Gasteiger partial charge is 0.456 e. The van der Waals surface area contributed by atoms with Crippen LogP contribution in [0, 0.1) is 22.5 Å². The number of nitro benzene ring substituents is 1. The predicted molar refractivity (Wildman–Crippen MR) is 103 cm³/mol. The van der Waals surface area contributed by atoms with Gasteiger partial charge in [0.25, 0.3) is 5.69 Å². The second-order valence-corrected chi connectivity index (χ2v) is 5.97. The van der Waals surface area contributed by atoms with E-state index in [-0.39, 0.29) is 24.5 Å². The molecule has 2 rings (SSSR count). The molecule has 27 heavy (non-hydrogen) atoms. The first-order chi connectivity index (χ1) is 13.0. The number of terminal acetylenes is 1. The van der Waals surface area contributed by atoms with E-state index in [1.807, 2.05) is 0 Å². The number of benzene rings is 2. The molecule has 0 aromatic heterocycles. The molecule has 0 aliphatic heterocycles. The second kappa shape index (κ2) is 9.95. The molecule has 0 heterocycles. The fraction of sp³-hybridized carbons (Fsp3) is 0.158. The lowest BCUT2D eigenvalue weighted by Gasteiger charge is -2.18. The van der Waals surface area contributed by atoms with E-state index in [9.17, 15) is 10.1 Å². The Labute approximate surface area is 166 Å². The van der Waals surface area contributed by atoms with Crippen molar-refractivity contribution in [1.82, 2.24) is 0 Å². The van der Waals surface area contributed by atoms with E-state index in [0.29, 0.717) is 21.5 Å². The van der Waals surface area contributed by atoms with Gasteiger partial charge in [0.15, 0.2) is 6.29 Å². The van der Waals surface area contributed by atoms with Crippen LogP contribution < -0.4 is 4.74 Å². The summed E-state index contributed by atoms with van der Waals surface area (Å²) in [5, 5.41) is 12.1. The maximum Gasteiger partial charge on any atom is 0.277 e. The van der Waals surface area contributed by atoms with Crippen molar-refractivity contribution in [2.75, 3.05) is 13.2 Å². The molecule has 2 aromatic carbocycles. The fourth-order valence-electron chi connectivity index (χ4n) is 2.14. The quantitative estimate of drug-likeness (QED) is 0.179. The third-order valence-corrected chi connectivity index (χ3v) is 3.79. The molecule has 0 bridgehead atoms. The van der Waals surface area contributed by atoms with Crippen molar-refractivity contribution in [2.45, 2.75) is 6.29 Å². The third kappa shape index (κ3) is 5.71. The van der Waals surface area contributed by atoms with Gasteiger partial charge in [-0.2, -0.15) is 0 Å². The van der Waals surface area contributed by atoms with E-state index in [4.69, 9.17) is 43.8 Å². The summed E-state index contributed by atoms with van der Waals surface area (Å²) in [5.74, 6) is 2.94. The van der Waals surface area contributed by atoms with Gasteiger partial charge in [-0.3, -0.25) is 10.1 Å². The minimum Gasteiger partial charge on any atom is -0.456 e. The SMILES string of the molecule is C#CCOC(OCC=C)c1cc(Oc2ccc(Cl)cc2Cl)ccc1[N+](=O)[O-]. The lowest BCUT2D eigenvalue weighted by molar-refractivity contribution is -0.387. The van der Waals surface area contributed by atoms with E-state index >= 15 is 0 Å². The standard InChI is InChI=1S/C19H15Cl2NO5/c1-3-9-25-19(26-10-4-2)15-12-14(6-7-17(15)22(23)24)27-18-8-5-13(20)11-16(18)21/h1,4-8,11-12,19H,2,9-10H2. The predicted octanol–water partition coefficient (Wildman–Crippen LogP) is 5.54. The molecule has 0 N–H and O–H groups in total. The van der Waals surface area contributed by atoms with Crippen LogP contribution in [0.15, 0.2) is 49.1 Å². The molecule has 0 radical (unpaired) electrons. The first-order valence-electron chi connectivity index (χ1n) is 7.65. The summed E-state index contributed by atoms with van der Waals surface area (Å²) < 4.78 is 16.6. The van der Waals surface area contributed by atoms with Gasteiger partial charge in [-0.15, -0.1) is 13.0 Å². The molecule has 1 unspecified atom stereocenters. The maximum absolute atomic E-state index is 11.4. The molecule has 1 atom stereocenters. The van der Waals surface area contributed by atoms with Gasteiger partial charge in [-0.05, 0) is 30.3 Å². The van der Waals surface area contributed by atoms with Crippen molar-refractivity contribution in [3.8, 4) is 23.8 Å². The van der Waals surface area contributed by atoms with Crippen LogP contribution in [-0.2, 0) is 9.47 Å². The Morgan fingerprint density at radius 1 is 1.26 bits per heavy atom. The summed E-state index contributed by atoms with van der Waals surface area (Å²) in [4.78, 5) is 10.8. The Bertz CT molecular complexity index is 879. The Morgan fingerprint density at radius 2 is 2.04 bits per heavy atom. The minimum atomic E-state index is -1.07. The zero-order valence-corrected chi connectivity index (χ0v) is 15.6. The van der Waals surface area contributed by atoms with Crippen LogP contribution in [0.4, 0.5) is 5.69 Å². The highest BCUT2D eigenvalue weighted by Crippen LogP contribution is 2.36. The molecule has 6 nitrogen and oxygen atoms in total. The number of ether oxygens (including phenoxy) is 3. The van der Waals surface area contributed by atoms with E-state index in [1.54, 1.807) is 12.1 Å². The van der Waals surface area contributed by atoms with Crippen molar-refractivity contribution in [2.24, 2.45) is 0 Å². The van der Waals surface area contributed by atoms with Gasteiger partial charge in [0, 0.05) is 11.1 Å². The van der Waals surface area contributed by atoms with E-state index in [0.717, 1.165) is 0 Å². The van der Waals surface area contributed by atoms with E-state index < -0.39 is 11.2 Å². The molecule has 0 amide bonds. The van der Waals surface area contributed by atoms with Crippen molar-refractivity contribution >= 4 is 28.9 Å². The summed E-state index contributed by atoms with van der Waals surface area (Å²) in [6.45, 7) is 3.57. The Morgan fingerprint density at radius 3 is 2.67 bits per heavy atom. The molecule has 0 saturated carbocycles. The fourth-order valence-corrected chi connectivity index (χ4v) is 2.59. The molecule has 0 spiro atoms. The molecule has 2 aromatic rings. The monoisotopic (exact) mass is 407 g/mol. The van der Waals surface area contributed by atoms with Crippen molar-refractivity contribution in [1.29, 1.82) is 0 Å². The highest BCUT2D eigenvalue weighted by Gasteiger charge is 2.24. The lowest BCUT2D eigenvalue weighted by Crippen LogP contribution is -2.12. The average Bonchev–Trinajstić information content (AvgIpc) is 2.64. The smallest absolute Gasteiger partial charge is 0.277 e. The number of nitro groups is 1. The first kappa shape index (κ1) is 20.7. The Kier molecular flexibility index (Phi) is 7.65. The molecule has 0 aliphatic carbocycles. The van der Waals surface area contributed by atoms with Gasteiger partial charge in [0.2, 0.25) is 0 Å². The Hall–Kier alpha value is -2.56. The van der Waals surface area contributed by atoms with Gasteiger partial charge in [-0.1, -0.05) is 35.2 Å². The Balaban J connectivity index is 2.40. The van der Waals surface area contributed by atoms with Crippen LogP contribution >= 0.6 is 23.2 Å². The van der Waals surface area contributed by atoms with Crippen LogP contribution in [0.1, 0.15) is 11.9 Å². The number of halogens is 2. The van der Waals surface area contributed by atoms with E-state index in [2.05, 4.69) is 12.5 Å². The van der Waals surface area contributed by atoms with Crippen LogP contribution in [-0.4, -0.2) is 18.1 Å². The normalized spacial score (nSPS) is 11.4.